The van der Waals surface area contributed by atoms with Crippen molar-refractivity contribution < 1.29 is 0 Å². The molecule has 1 atom stereocenters. The van der Waals surface area contributed by atoms with E-state index in [0.29, 0.717) is 12.6 Å². The maximum atomic E-state index is 5.53. The zero-order valence-corrected chi connectivity index (χ0v) is 13.1. The van der Waals surface area contributed by atoms with Crippen LogP contribution in [0.25, 0.3) is 0 Å². The van der Waals surface area contributed by atoms with Crippen molar-refractivity contribution in [3.8, 4) is 0 Å². The van der Waals surface area contributed by atoms with Crippen LogP contribution in [-0.2, 0) is 19.5 Å². The van der Waals surface area contributed by atoms with Crippen molar-refractivity contribution in [3.05, 3.63) is 41.5 Å². The Bertz CT molecular complexity index is 608. The van der Waals surface area contributed by atoms with Crippen molar-refractivity contribution >= 4 is 0 Å². The van der Waals surface area contributed by atoms with Crippen LogP contribution in [0.4, 0.5) is 0 Å². The molecule has 0 radical (unpaired) electrons. The molecule has 1 unspecified atom stereocenters. The second-order valence-electron chi connectivity index (χ2n) is 5.99. The van der Waals surface area contributed by atoms with Gasteiger partial charge in [-0.05, 0) is 50.9 Å². The molecule has 22 heavy (non-hydrogen) atoms. The summed E-state index contributed by atoms with van der Waals surface area (Å²) in [5, 5.41) is 8.43. The minimum absolute atomic E-state index is 0.374. The zero-order valence-electron chi connectivity index (χ0n) is 13.1. The van der Waals surface area contributed by atoms with Gasteiger partial charge >= 0.3 is 0 Å². The monoisotopic (exact) mass is 300 g/mol. The number of hydrogen-bond donors (Lipinski definition) is 1. The maximum Gasteiger partial charge on any atom is 0.0967 e. The average molecular weight is 300 g/mol. The molecule has 0 saturated carbocycles. The highest BCUT2D eigenvalue weighted by Gasteiger charge is 2.25. The summed E-state index contributed by atoms with van der Waals surface area (Å²) in [7, 11) is 2.15. The quantitative estimate of drug-likeness (QED) is 0.876. The van der Waals surface area contributed by atoms with Crippen molar-refractivity contribution in [2.45, 2.75) is 44.8 Å². The van der Waals surface area contributed by atoms with Crippen molar-refractivity contribution in [3.63, 3.8) is 0 Å². The second-order valence-corrected chi connectivity index (χ2v) is 5.99. The number of fused-ring (bicyclic) bond motifs is 1. The molecular formula is C16H24N6. The van der Waals surface area contributed by atoms with Crippen molar-refractivity contribution in [2.24, 2.45) is 5.73 Å². The van der Waals surface area contributed by atoms with Gasteiger partial charge in [-0.25, -0.2) is 0 Å². The van der Waals surface area contributed by atoms with Crippen LogP contribution >= 0.6 is 0 Å². The van der Waals surface area contributed by atoms with E-state index in [9.17, 15) is 0 Å². The summed E-state index contributed by atoms with van der Waals surface area (Å²) >= 11 is 0. The minimum atomic E-state index is 0.374. The van der Waals surface area contributed by atoms with E-state index in [-0.39, 0.29) is 0 Å². The largest absolute Gasteiger partial charge is 0.330 e. The predicted molar refractivity (Wildman–Crippen MR) is 85.1 cm³/mol. The van der Waals surface area contributed by atoms with Crippen LogP contribution in [0.15, 0.2) is 24.5 Å². The van der Waals surface area contributed by atoms with Crippen LogP contribution in [0, 0.1) is 0 Å². The molecule has 1 aliphatic rings. The molecule has 1 aliphatic carbocycles. The predicted octanol–water partition coefficient (Wildman–Crippen LogP) is 1.53. The highest BCUT2D eigenvalue weighted by atomic mass is 15.4. The van der Waals surface area contributed by atoms with Crippen molar-refractivity contribution in [2.75, 3.05) is 13.6 Å². The number of nitrogens with two attached hydrogens (primary N) is 1. The molecule has 0 spiro atoms. The summed E-state index contributed by atoms with van der Waals surface area (Å²) in [6, 6.07) is 4.61. The molecular weight excluding hydrogens is 276 g/mol. The smallest absolute Gasteiger partial charge is 0.0967 e. The Morgan fingerprint density at radius 3 is 3.23 bits per heavy atom. The number of aromatic nitrogens is 4. The Balaban J connectivity index is 1.67. The molecule has 0 aliphatic heterocycles. The summed E-state index contributed by atoms with van der Waals surface area (Å²) in [4.78, 5) is 6.95. The lowest BCUT2D eigenvalue weighted by Gasteiger charge is -2.31. The summed E-state index contributed by atoms with van der Waals surface area (Å²) in [5.41, 5.74) is 9.15. The zero-order chi connectivity index (χ0) is 15.4. The van der Waals surface area contributed by atoms with Gasteiger partial charge in [0.15, 0.2) is 0 Å². The molecule has 0 bridgehead atoms. The van der Waals surface area contributed by atoms with E-state index >= 15 is 0 Å². The van der Waals surface area contributed by atoms with E-state index in [2.05, 4.69) is 33.3 Å². The first kappa shape index (κ1) is 15.1. The fraction of sp³-hybridized carbons (Fsp3) is 0.562. The SMILES string of the molecule is CN(Cc1cn(CCCN)nn1)C1CCCc2cccnc21. The first-order valence-electron chi connectivity index (χ1n) is 8.01. The number of hydrogen-bond acceptors (Lipinski definition) is 5. The third kappa shape index (κ3) is 3.34. The highest BCUT2D eigenvalue weighted by Crippen LogP contribution is 2.32. The molecule has 0 amide bonds. The number of pyridine rings is 1. The number of rotatable bonds is 6. The molecule has 0 fully saturated rings. The van der Waals surface area contributed by atoms with Crippen LogP contribution in [0.1, 0.15) is 42.3 Å². The van der Waals surface area contributed by atoms with E-state index in [4.69, 9.17) is 5.73 Å². The van der Waals surface area contributed by atoms with Gasteiger partial charge in [-0.15, -0.1) is 5.10 Å². The van der Waals surface area contributed by atoms with Gasteiger partial charge in [0.25, 0.3) is 0 Å². The van der Waals surface area contributed by atoms with Crippen LogP contribution < -0.4 is 5.73 Å². The van der Waals surface area contributed by atoms with Gasteiger partial charge in [-0.1, -0.05) is 11.3 Å². The van der Waals surface area contributed by atoms with E-state index in [1.54, 1.807) is 0 Å². The first-order valence-corrected chi connectivity index (χ1v) is 8.01. The molecule has 0 aromatic carbocycles. The third-order valence-corrected chi connectivity index (χ3v) is 4.29. The normalized spacial score (nSPS) is 17.7. The van der Waals surface area contributed by atoms with Gasteiger partial charge in [0.1, 0.15) is 0 Å². The Morgan fingerprint density at radius 2 is 2.36 bits per heavy atom. The van der Waals surface area contributed by atoms with Crippen LogP contribution in [0.5, 0.6) is 0 Å². The summed E-state index contributed by atoms with van der Waals surface area (Å²) in [6.07, 6.45) is 8.36. The molecule has 118 valence electrons. The molecule has 2 heterocycles. The van der Waals surface area contributed by atoms with E-state index < -0.39 is 0 Å². The molecule has 2 aromatic rings. The third-order valence-electron chi connectivity index (χ3n) is 4.29. The molecule has 0 saturated heterocycles. The first-order chi connectivity index (χ1) is 10.8. The minimum Gasteiger partial charge on any atom is -0.330 e. The lowest BCUT2D eigenvalue weighted by atomic mass is 9.91. The summed E-state index contributed by atoms with van der Waals surface area (Å²) in [6.45, 7) is 2.31. The number of nitrogens with zero attached hydrogens (tertiary/aromatic N) is 5. The van der Waals surface area contributed by atoms with Crippen LogP contribution in [-0.4, -0.2) is 38.5 Å². The van der Waals surface area contributed by atoms with Gasteiger partial charge in [0.2, 0.25) is 0 Å². The van der Waals surface area contributed by atoms with Gasteiger partial charge < -0.3 is 5.73 Å². The molecule has 2 aromatic heterocycles. The Hall–Kier alpha value is -1.79. The second kappa shape index (κ2) is 6.98. The lowest BCUT2D eigenvalue weighted by molar-refractivity contribution is 0.206. The molecule has 6 heteroatoms. The fourth-order valence-electron chi connectivity index (χ4n) is 3.15. The van der Waals surface area contributed by atoms with Crippen LogP contribution in [0.2, 0.25) is 0 Å². The molecule has 3 rings (SSSR count). The van der Waals surface area contributed by atoms with Gasteiger partial charge in [0.05, 0.1) is 17.4 Å². The standard InChI is InChI=1S/C16H24N6/c1-21(11-14-12-22(20-19-14)10-4-8-17)15-7-2-5-13-6-3-9-18-16(13)15/h3,6,9,12,15H,2,4-5,7-8,10-11,17H2,1H3. The lowest BCUT2D eigenvalue weighted by Crippen LogP contribution is -2.28. The highest BCUT2D eigenvalue weighted by molar-refractivity contribution is 5.25. The topological polar surface area (TPSA) is 72.9 Å². The van der Waals surface area contributed by atoms with E-state index in [1.165, 1.54) is 17.7 Å². The van der Waals surface area contributed by atoms with Gasteiger partial charge in [0, 0.05) is 25.5 Å². The van der Waals surface area contributed by atoms with E-state index in [0.717, 1.165) is 38.0 Å². The van der Waals surface area contributed by atoms with E-state index in [1.807, 2.05) is 23.1 Å². The van der Waals surface area contributed by atoms with Crippen molar-refractivity contribution in [1.82, 2.24) is 24.9 Å². The summed E-state index contributed by atoms with van der Waals surface area (Å²) in [5.74, 6) is 0. The Labute approximate surface area is 131 Å². The van der Waals surface area contributed by atoms with Crippen molar-refractivity contribution in [1.29, 1.82) is 0 Å². The Morgan fingerprint density at radius 1 is 1.45 bits per heavy atom. The van der Waals surface area contributed by atoms with Gasteiger partial charge in [-0.3, -0.25) is 14.6 Å². The summed E-state index contributed by atoms with van der Waals surface area (Å²) < 4.78 is 1.88. The Kier molecular flexibility index (Phi) is 4.80. The maximum absolute atomic E-state index is 5.53. The number of aryl methyl sites for hydroxylation is 2. The molecule has 6 nitrogen and oxygen atoms in total. The van der Waals surface area contributed by atoms with Crippen LogP contribution in [0.3, 0.4) is 0 Å². The molecule has 2 N–H and O–H groups in total. The fourth-order valence-corrected chi connectivity index (χ4v) is 3.15. The van der Waals surface area contributed by atoms with Gasteiger partial charge in [-0.2, -0.15) is 0 Å². The average Bonchev–Trinajstić information content (AvgIpc) is 2.99.